The molecule has 0 fully saturated rings. The molecule has 11 nitrogen and oxygen atoms in total. The van der Waals surface area contributed by atoms with E-state index >= 15 is 0 Å². The third-order valence-corrected chi connectivity index (χ3v) is 5.43. The van der Waals surface area contributed by atoms with Crippen molar-refractivity contribution in [3.63, 3.8) is 0 Å². The van der Waals surface area contributed by atoms with Gasteiger partial charge in [0, 0.05) is 23.3 Å². The van der Waals surface area contributed by atoms with E-state index in [1.54, 1.807) is 5.32 Å². The zero-order valence-corrected chi connectivity index (χ0v) is 20.8. The molecule has 40 heavy (non-hydrogen) atoms. The van der Waals surface area contributed by atoms with Gasteiger partial charge in [-0.15, -0.1) is 10.2 Å². The van der Waals surface area contributed by atoms with Gasteiger partial charge in [0.2, 0.25) is 0 Å². The van der Waals surface area contributed by atoms with Crippen LogP contribution in [0.4, 0.5) is 36.8 Å². The summed E-state index contributed by atoms with van der Waals surface area (Å²) in [5.41, 5.74) is -0.488. The van der Waals surface area contributed by atoms with Crippen LogP contribution in [-0.2, 0) is 13.1 Å². The normalized spacial score (nSPS) is 12.0. The third kappa shape index (κ3) is 7.37. The summed E-state index contributed by atoms with van der Waals surface area (Å²) < 4.78 is 78.8. The molecule has 18 heteroatoms. The van der Waals surface area contributed by atoms with Crippen LogP contribution in [0.5, 0.6) is 0 Å². The topological polar surface area (TPSA) is 125 Å². The number of anilines is 1. The van der Waals surface area contributed by atoms with E-state index in [0.29, 0.717) is 10.6 Å². The first-order valence-corrected chi connectivity index (χ1v) is 11.6. The van der Waals surface area contributed by atoms with Crippen molar-refractivity contribution in [2.75, 3.05) is 11.9 Å². The van der Waals surface area contributed by atoms with Crippen LogP contribution in [0, 0.1) is 0 Å². The fourth-order valence-corrected chi connectivity index (χ4v) is 3.55. The Hall–Kier alpha value is -4.41. The van der Waals surface area contributed by atoms with Gasteiger partial charge in [0.25, 0.3) is 0 Å². The summed E-state index contributed by atoms with van der Waals surface area (Å²) in [6, 6.07) is 7.66. The van der Waals surface area contributed by atoms with Crippen LogP contribution in [-0.4, -0.2) is 59.0 Å². The van der Waals surface area contributed by atoms with Crippen LogP contribution in [0.1, 0.15) is 12.2 Å². The van der Waals surface area contributed by atoms with E-state index in [1.165, 1.54) is 48.9 Å². The average Bonchev–Trinajstić information content (AvgIpc) is 3.46. The number of nitrogens with zero attached hydrogens (tertiary/aromatic N) is 7. The molecule has 3 aromatic heterocycles. The van der Waals surface area contributed by atoms with E-state index in [9.17, 15) is 35.9 Å². The number of amides is 2. The Morgan fingerprint density at radius 3 is 2.38 bits per heavy atom. The highest BCUT2D eigenvalue weighted by Gasteiger charge is 2.29. The second-order valence-corrected chi connectivity index (χ2v) is 8.63. The minimum atomic E-state index is -4.61. The number of aromatic nitrogens is 7. The van der Waals surface area contributed by atoms with E-state index in [2.05, 4.69) is 25.5 Å². The summed E-state index contributed by atoms with van der Waals surface area (Å²) in [7, 11) is 0. The predicted octanol–water partition coefficient (Wildman–Crippen LogP) is 4.03. The average molecular weight is 590 g/mol. The molecule has 2 N–H and O–H groups in total. The molecule has 0 atom stereocenters. The molecule has 212 valence electrons. The summed E-state index contributed by atoms with van der Waals surface area (Å²) in [5, 5.41) is 12.6. The zero-order valence-electron chi connectivity index (χ0n) is 20.0. The van der Waals surface area contributed by atoms with Crippen molar-refractivity contribution >= 4 is 23.3 Å². The largest absolute Gasteiger partial charge is 0.405 e. The SMILES string of the molecule is O=C(NCC(F)(F)F)Nc1cccnc1-n1cnc(Cn2nc(-c3ccc(Cl)cc3)n(CCC(F)(F)F)c2=O)n1. The lowest BCUT2D eigenvalue weighted by Gasteiger charge is -2.11. The standard InChI is InChI=1S/C22H18ClF6N9O2/c23-14-5-3-13(4-6-14)17-35-37(20(40)36(17)9-7-21(24,25)26)10-16-32-12-38(34-16)18-15(2-1-8-30-18)33-19(39)31-11-22(27,28)29/h1-6,8,12H,7,9-11H2,(H2,31,33,39). The van der Waals surface area contributed by atoms with Crippen molar-refractivity contribution in [1.82, 2.24) is 39.4 Å². The molecular weight excluding hydrogens is 572 g/mol. The molecule has 4 aromatic rings. The summed E-state index contributed by atoms with van der Waals surface area (Å²) in [6.07, 6.45) is -7.89. The van der Waals surface area contributed by atoms with Crippen molar-refractivity contribution < 1.29 is 31.1 Å². The maximum atomic E-state index is 13.0. The Labute approximate surface area is 225 Å². The number of pyridine rings is 1. The van der Waals surface area contributed by atoms with Crippen molar-refractivity contribution in [3.8, 4) is 17.2 Å². The molecule has 0 saturated carbocycles. The molecule has 0 aliphatic rings. The van der Waals surface area contributed by atoms with E-state index in [0.717, 1.165) is 13.9 Å². The molecule has 0 unspecified atom stereocenters. The number of carbonyl (C=O) groups is 1. The number of halogens is 7. The lowest BCUT2D eigenvalue weighted by Crippen LogP contribution is -2.36. The fourth-order valence-electron chi connectivity index (χ4n) is 3.43. The number of rotatable bonds is 8. The van der Waals surface area contributed by atoms with Crippen LogP contribution >= 0.6 is 11.6 Å². The number of hydrogen-bond donors (Lipinski definition) is 2. The lowest BCUT2D eigenvalue weighted by atomic mass is 10.2. The number of benzene rings is 1. The molecular formula is C22H18ClF6N9O2. The van der Waals surface area contributed by atoms with Gasteiger partial charge >= 0.3 is 24.1 Å². The first-order valence-electron chi connectivity index (χ1n) is 11.3. The third-order valence-electron chi connectivity index (χ3n) is 5.18. The van der Waals surface area contributed by atoms with Gasteiger partial charge in [-0.05, 0) is 36.4 Å². The summed E-state index contributed by atoms with van der Waals surface area (Å²) >= 11 is 5.89. The van der Waals surface area contributed by atoms with Crippen molar-refractivity contribution in [3.05, 3.63) is 70.3 Å². The molecule has 0 bridgehead atoms. The summed E-state index contributed by atoms with van der Waals surface area (Å²) in [4.78, 5) is 33.0. The van der Waals surface area contributed by atoms with E-state index in [1.807, 2.05) is 0 Å². The van der Waals surface area contributed by atoms with Crippen molar-refractivity contribution in [2.24, 2.45) is 0 Å². The molecule has 0 aliphatic heterocycles. The lowest BCUT2D eigenvalue weighted by molar-refractivity contribution is -0.136. The van der Waals surface area contributed by atoms with Crippen LogP contribution in [0.2, 0.25) is 5.02 Å². The fraction of sp³-hybridized carbons (Fsp3) is 0.273. The van der Waals surface area contributed by atoms with Gasteiger partial charge in [0.05, 0.1) is 12.1 Å². The second-order valence-electron chi connectivity index (χ2n) is 8.19. The highest BCUT2D eigenvalue weighted by atomic mass is 35.5. The number of nitrogens with one attached hydrogen (secondary N) is 2. The predicted molar refractivity (Wildman–Crippen MR) is 129 cm³/mol. The van der Waals surface area contributed by atoms with Gasteiger partial charge in [-0.2, -0.15) is 26.3 Å². The summed E-state index contributed by atoms with van der Waals surface area (Å²) in [6.45, 7) is -2.57. The number of hydrogen-bond acceptors (Lipinski definition) is 6. The molecule has 1 aromatic carbocycles. The Bertz CT molecular complexity index is 1540. The first kappa shape index (κ1) is 28.6. The quantitative estimate of drug-likeness (QED) is 0.299. The Balaban J connectivity index is 1.58. The van der Waals surface area contributed by atoms with Gasteiger partial charge in [-0.25, -0.2) is 28.9 Å². The maximum Gasteiger partial charge on any atom is 0.405 e. The molecule has 0 aliphatic carbocycles. The van der Waals surface area contributed by atoms with Crippen molar-refractivity contribution in [1.29, 1.82) is 0 Å². The monoisotopic (exact) mass is 589 g/mol. The van der Waals surface area contributed by atoms with Gasteiger partial charge in [-0.3, -0.25) is 4.57 Å². The molecule has 0 saturated heterocycles. The highest BCUT2D eigenvalue weighted by Crippen LogP contribution is 2.24. The molecule has 3 heterocycles. The van der Waals surface area contributed by atoms with Gasteiger partial charge in [0.1, 0.15) is 19.4 Å². The van der Waals surface area contributed by atoms with Crippen LogP contribution in [0.3, 0.4) is 0 Å². The van der Waals surface area contributed by atoms with Crippen LogP contribution < -0.4 is 16.3 Å². The highest BCUT2D eigenvalue weighted by molar-refractivity contribution is 6.30. The Morgan fingerprint density at radius 1 is 0.975 bits per heavy atom. The van der Waals surface area contributed by atoms with E-state index < -0.39 is 43.6 Å². The van der Waals surface area contributed by atoms with E-state index in [4.69, 9.17) is 11.6 Å². The van der Waals surface area contributed by atoms with Crippen molar-refractivity contribution in [2.45, 2.75) is 31.9 Å². The molecule has 2 amide bonds. The summed E-state index contributed by atoms with van der Waals surface area (Å²) in [5.74, 6) is -0.0249. The van der Waals surface area contributed by atoms with Crippen LogP contribution in [0.15, 0.2) is 53.7 Å². The molecule has 0 spiro atoms. The van der Waals surface area contributed by atoms with E-state index in [-0.39, 0.29) is 29.7 Å². The number of alkyl halides is 6. The number of carbonyl (C=O) groups excluding carboxylic acids is 1. The Morgan fingerprint density at radius 2 is 1.70 bits per heavy atom. The molecule has 0 radical (unpaired) electrons. The minimum absolute atomic E-state index is 0.00255. The molecule has 4 rings (SSSR count). The van der Waals surface area contributed by atoms with Crippen LogP contribution in [0.25, 0.3) is 17.2 Å². The van der Waals surface area contributed by atoms with Gasteiger partial charge in [-0.1, -0.05) is 11.6 Å². The van der Waals surface area contributed by atoms with Gasteiger partial charge < -0.3 is 10.6 Å². The van der Waals surface area contributed by atoms with Gasteiger partial charge in [0.15, 0.2) is 17.5 Å². The first-order chi connectivity index (χ1) is 18.8. The zero-order chi connectivity index (χ0) is 29.1. The maximum absolute atomic E-state index is 13.0. The number of urea groups is 1. The second kappa shape index (κ2) is 11.4. The smallest absolute Gasteiger partial charge is 0.329 e. The minimum Gasteiger partial charge on any atom is -0.329 e. The Kier molecular flexibility index (Phi) is 8.13.